The number of thiocarbonyl (C=S) groups is 1. The minimum absolute atomic E-state index is 0.0575. The highest BCUT2D eigenvalue weighted by molar-refractivity contribution is 7.80. The van der Waals surface area contributed by atoms with Gasteiger partial charge < -0.3 is 20.3 Å². The summed E-state index contributed by atoms with van der Waals surface area (Å²) in [6.07, 6.45) is 0.583. The zero-order valence-corrected chi connectivity index (χ0v) is 10.5. The fourth-order valence-corrected chi connectivity index (χ4v) is 1.68. The molecule has 1 fully saturated rings. The van der Waals surface area contributed by atoms with Crippen molar-refractivity contribution in [3.8, 4) is 0 Å². The normalized spacial score (nSPS) is 15.9. The van der Waals surface area contributed by atoms with Crippen molar-refractivity contribution < 1.29 is 9.53 Å². The molecule has 0 spiro atoms. The number of hydrogen-bond acceptors (Lipinski definition) is 3. The van der Waals surface area contributed by atoms with Gasteiger partial charge in [-0.3, -0.25) is 0 Å². The number of carbonyl (C=O) groups excluding carboxylic acids is 1. The quantitative estimate of drug-likeness (QED) is 0.730. The maximum absolute atomic E-state index is 12.1. The van der Waals surface area contributed by atoms with Crippen LogP contribution < -0.4 is 5.73 Å². The Balaban J connectivity index is 2.44. The van der Waals surface area contributed by atoms with Crippen molar-refractivity contribution in [2.75, 3.05) is 39.4 Å². The average molecular weight is 245 g/mol. The van der Waals surface area contributed by atoms with E-state index in [1.54, 1.807) is 4.90 Å². The molecule has 2 amide bonds. The van der Waals surface area contributed by atoms with Crippen molar-refractivity contribution in [1.29, 1.82) is 0 Å². The van der Waals surface area contributed by atoms with Crippen molar-refractivity contribution in [1.82, 2.24) is 9.80 Å². The van der Waals surface area contributed by atoms with Crippen molar-refractivity contribution in [3.63, 3.8) is 0 Å². The highest BCUT2D eigenvalue weighted by Crippen LogP contribution is 2.04. The number of rotatable bonds is 4. The largest absolute Gasteiger partial charge is 0.393 e. The maximum atomic E-state index is 12.1. The first kappa shape index (κ1) is 13.2. The second-order valence-electron chi connectivity index (χ2n) is 3.68. The molecule has 5 nitrogen and oxygen atoms in total. The summed E-state index contributed by atoms with van der Waals surface area (Å²) in [6.45, 7) is 5.82. The van der Waals surface area contributed by atoms with E-state index in [1.807, 2.05) is 11.8 Å². The van der Waals surface area contributed by atoms with E-state index in [-0.39, 0.29) is 6.03 Å². The van der Waals surface area contributed by atoms with Crippen LogP contribution in [0.1, 0.15) is 13.3 Å². The average Bonchev–Trinajstić information content (AvgIpc) is 2.30. The summed E-state index contributed by atoms with van der Waals surface area (Å²) in [6, 6.07) is 0.0575. The zero-order valence-electron chi connectivity index (χ0n) is 9.65. The SMILES string of the molecule is CCN(CCC(N)=S)C(=O)N1CCOCC1. The second-order valence-corrected chi connectivity index (χ2v) is 4.20. The lowest BCUT2D eigenvalue weighted by Crippen LogP contribution is -2.48. The third-order valence-electron chi connectivity index (χ3n) is 2.56. The van der Waals surface area contributed by atoms with Crippen LogP contribution in [-0.2, 0) is 4.74 Å². The van der Waals surface area contributed by atoms with Gasteiger partial charge in [0.15, 0.2) is 0 Å². The van der Waals surface area contributed by atoms with Crippen molar-refractivity contribution in [2.45, 2.75) is 13.3 Å². The molecule has 2 N–H and O–H groups in total. The number of amides is 2. The van der Waals surface area contributed by atoms with Gasteiger partial charge in [0.25, 0.3) is 0 Å². The molecule has 1 heterocycles. The molecule has 0 aromatic rings. The molecule has 6 heteroatoms. The lowest BCUT2D eigenvalue weighted by molar-refractivity contribution is 0.0439. The summed E-state index contributed by atoms with van der Waals surface area (Å²) in [5.74, 6) is 0. The number of urea groups is 1. The minimum atomic E-state index is 0.0575. The van der Waals surface area contributed by atoms with E-state index in [9.17, 15) is 4.79 Å². The molecule has 1 aliphatic heterocycles. The van der Waals surface area contributed by atoms with Crippen LogP contribution in [0.4, 0.5) is 4.79 Å². The predicted octanol–water partition coefficient (Wildman–Crippen LogP) is 0.437. The van der Waals surface area contributed by atoms with Gasteiger partial charge in [0.2, 0.25) is 0 Å². The molecule has 1 rings (SSSR count). The van der Waals surface area contributed by atoms with Gasteiger partial charge in [0, 0.05) is 32.6 Å². The monoisotopic (exact) mass is 245 g/mol. The minimum Gasteiger partial charge on any atom is -0.393 e. The lowest BCUT2D eigenvalue weighted by Gasteiger charge is -2.32. The number of ether oxygens (including phenoxy) is 1. The molecule has 1 aliphatic rings. The van der Waals surface area contributed by atoms with E-state index < -0.39 is 0 Å². The second kappa shape index (κ2) is 6.65. The van der Waals surface area contributed by atoms with Crippen LogP contribution in [0.5, 0.6) is 0 Å². The molecule has 0 radical (unpaired) electrons. The van der Waals surface area contributed by atoms with Crippen molar-refractivity contribution >= 4 is 23.2 Å². The van der Waals surface area contributed by atoms with E-state index in [2.05, 4.69) is 0 Å². The molecular weight excluding hydrogens is 226 g/mol. The molecular formula is C10H19N3O2S. The topological polar surface area (TPSA) is 58.8 Å². The van der Waals surface area contributed by atoms with E-state index in [4.69, 9.17) is 22.7 Å². The summed E-state index contributed by atoms with van der Waals surface area (Å²) in [5, 5.41) is 0. The molecule has 0 bridgehead atoms. The summed E-state index contributed by atoms with van der Waals surface area (Å²) >= 11 is 4.81. The fraction of sp³-hybridized carbons (Fsp3) is 0.800. The Morgan fingerprint density at radius 2 is 2.12 bits per heavy atom. The van der Waals surface area contributed by atoms with Gasteiger partial charge in [0.05, 0.1) is 18.2 Å². The summed E-state index contributed by atoms with van der Waals surface area (Å²) in [5.41, 5.74) is 5.43. The van der Waals surface area contributed by atoms with Crippen LogP contribution in [0.2, 0.25) is 0 Å². The smallest absolute Gasteiger partial charge is 0.320 e. The van der Waals surface area contributed by atoms with Crippen LogP contribution in [0.3, 0.4) is 0 Å². The molecule has 16 heavy (non-hydrogen) atoms. The van der Waals surface area contributed by atoms with Crippen molar-refractivity contribution in [2.24, 2.45) is 5.73 Å². The van der Waals surface area contributed by atoms with Gasteiger partial charge in [-0.2, -0.15) is 0 Å². The molecule has 0 aromatic heterocycles. The third-order valence-corrected chi connectivity index (χ3v) is 2.77. The van der Waals surface area contributed by atoms with Gasteiger partial charge >= 0.3 is 6.03 Å². The Hall–Kier alpha value is -0.880. The third kappa shape index (κ3) is 3.94. The van der Waals surface area contributed by atoms with Crippen LogP contribution in [0.15, 0.2) is 0 Å². The van der Waals surface area contributed by atoms with Gasteiger partial charge in [-0.05, 0) is 6.92 Å². The van der Waals surface area contributed by atoms with Gasteiger partial charge in [-0.25, -0.2) is 4.79 Å². The van der Waals surface area contributed by atoms with Crippen LogP contribution >= 0.6 is 12.2 Å². The highest BCUT2D eigenvalue weighted by Gasteiger charge is 2.21. The highest BCUT2D eigenvalue weighted by atomic mass is 32.1. The molecule has 0 saturated carbocycles. The molecule has 0 atom stereocenters. The Bertz CT molecular complexity index is 254. The Morgan fingerprint density at radius 3 is 2.62 bits per heavy atom. The van der Waals surface area contributed by atoms with Crippen molar-refractivity contribution in [3.05, 3.63) is 0 Å². The van der Waals surface area contributed by atoms with Crippen LogP contribution in [0, 0.1) is 0 Å². The zero-order chi connectivity index (χ0) is 12.0. The fourth-order valence-electron chi connectivity index (χ4n) is 1.59. The van der Waals surface area contributed by atoms with Gasteiger partial charge in [-0.15, -0.1) is 0 Å². The Morgan fingerprint density at radius 1 is 1.50 bits per heavy atom. The lowest BCUT2D eigenvalue weighted by atomic mass is 10.3. The van der Waals surface area contributed by atoms with Crippen LogP contribution in [-0.4, -0.2) is 60.2 Å². The number of carbonyl (C=O) groups is 1. The summed E-state index contributed by atoms with van der Waals surface area (Å²) < 4.78 is 5.21. The molecule has 0 aromatic carbocycles. The van der Waals surface area contributed by atoms with E-state index in [0.717, 1.165) is 0 Å². The first-order chi connectivity index (χ1) is 7.65. The standard InChI is InChI=1S/C10H19N3O2S/c1-2-12(4-3-9(11)16)10(14)13-5-7-15-8-6-13/h2-8H2,1H3,(H2,11,16). The number of nitrogens with two attached hydrogens (primary N) is 1. The summed E-state index contributed by atoms with van der Waals surface area (Å²) in [7, 11) is 0. The number of nitrogens with zero attached hydrogens (tertiary/aromatic N) is 2. The predicted molar refractivity (Wildman–Crippen MR) is 66.4 cm³/mol. The Kier molecular flexibility index (Phi) is 5.48. The Labute approximate surface area is 102 Å². The van der Waals surface area contributed by atoms with E-state index >= 15 is 0 Å². The first-order valence-corrected chi connectivity index (χ1v) is 5.96. The van der Waals surface area contributed by atoms with Gasteiger partial charge in [0.1, 0.15) is 0 Å². The summed E-state index contributed by atoms with van der Waals surface area (Å²) in [4.78, 5) is 16.1. The molecule has 92 valence electrons. The maximum Gasteiger partial charge on any atom is 0.320 e. The number of hydrogen-bond donors (Lipinski definition) is 1. The molecule has 0 unspecified atom stereocenters. The van der Waals surface area contributed by atoms with E-state index in [0.29, 0.717) is 50.8 Å². The molecule has 1 saturated heterocycles. The first-order valence-electron chi connectivity index (χ1n) is 5.55. The van der Waals surface area contributed by atoms with Gasteiger partial charge in [-0.1, -0.05) is 12.2 Å². The molecule has 0 aliphatic carbocycles. The van der Waals surface area contributed by atoms with E-state index in [1.165, 1.54) is 0 Å². The number of morpholine rings is 1. The van der Waals surface area contributed by atoms with Crippen LogP contribution in [0.25, 0.3) is 0 Å².